The summed E-state index contributed by atoms with van der Waals surface area (Å²) >= 11 is 0. The smallest absolute Gasteiger partial charge is 0.305 e. The van der Waals surface area contributed by atoms with E-state index < -0.39 is 12.0 Å². The molecular formula is C11H13NO5. The monoisotopic (exact) mass is 239 g/mol. The molecule has 1 aliphatic heterocycles. The van der Waals surface area contributed by atoms with Crippen molar-refractivity contribution in [3.05, 3.63) is 17.7 Å². The maximum Gasteiger partial charge on any atom is 0.305 e. The number of fused-ring (bicyclic) bond motifs is 1. The number of benzene rings is 1. The fraction of sp³-hybridized carbons (Fsp3) is 0.364. The lowest BCUT2D eigenvalue weighted by Gasteiger charge is -2.14. The number of aliphatic carboxylic acids is 1. The second-order valence-electron chi connectivity index (χ2n) is 3.65. The Morgan fingerprint density at radius 1 is 1.53 bits per heavy atom. The van der Waals surface area contributed by atoms with E-state index in [2.05, 4.69) is 0 Å². The molecule has 92 valence electrons. The van der Waals surface area contributed by atoms with Crippen molar-refractivity contribution in [3.63, 3.8) is 0 Å². The first kappa shape index (κ1) is 11.5. The van der Waals surface area contributed by atoms with Gasteiger partial charge in [-0.05, 0) is 6.07 Å². The molecule has 0 bridgehead atoms. The maximum atomic E-state index is 10.6. The number of rotatable bonds is 4. The van der Waals surface area contributed by atoms with E-state index in [1.165, 1.54) is 7.11 Å². The third-order valence-electron chi connectivity index (χ3n) is 2.52. The second kappa shape index (κ2) is 4.50. The van der Waals surface area contributed by atoms with E-state index in [0.717, 1.165) is 0 Å². The number of ether oxygens (including phenoxy) is 3. The summed E-state index contributed by atoms with van der Waals surface area (Å²) in [5.74, 6) is 0.676. The lowest BCUT2D eigenvalue weighted by molar-refractivity contribution is -0.137. The fourth-order valence-electron chi connectivity index (χ4n) is 1.70. The predicted molar refractivity (Wildman–Crippen MR) is 58.3 cm³/mol. The highest BCUT2D eigenvalue weighted by atomic mass is 16.7. The van der Waals surface area contributed by atoms with Gasteiger partial charge in [-0.1, -0.05) is 0 Å². The van der Waals surface area contributed by atoms with Gasteiger partial charge in [0, 0.05) is 17.7 Å². The van der Waals surface area contributed by atoms with Crippen LogP contribution >= 0.6 is 0 Å². The molecule has 1 aromatic carbocycles. The molecule has 0 spiro atoms. The Balaban J connectivity index is 2.35. The summed E-state index contributed by atoms with van der Waals surface area (Å²) < 4.78 is 15.6. The molecule has 2 rings (SSSR count). The van der Waals surface area contributed by atoms with E-state index in [-0.39, 0.29) is 13.2 Å². The van der Waals surface area contributed by atoms with Gasteiger partial charge >= 0.3 is 5.97 Å². The number of carboxylic acids is 1. The van der Waals surface area contributed by atoms with Gasteiger partial charge in [-0.3, -0.25) is 4.79 Å². The van der Waals surface area contributed by atoms with Gasteiger partial charge in [0.15, 0.2) is 11.5 Å². The third kappa shape index (κ3) is 2.26. The number of hydrogen-bond acceptors (Lipinski definition) is 5. The van der Waals surface area contributed by atoms with Gasteiger partial charge in [0.25, 0.3) is 0 Å². The van der Waals surface area contributed by atoms with Gasteiger partial charge in [0.1, 0.15) is 5.75 Å². The molecule has 3 N–H and O–H groups in total. The number of carbonyl (C=O) groups is 1. The summed E-state index contributed by atoms with van der Waals surface area (Å²) in [5, 5.41) is 8.73. The summed E-state index contributed by atoms with van der Waals surface area (Å²) in [4.78, 5) is 10.6. The number of methoxy groups -OCH3 is 1. The SMILES string of the molecule is COc1cc2c(cc1C(N)CC(=O)O)OCO2. The molecule has 1 unspecified atom stereocenters. The van der Waals surface area contributed by atoms with Gasteiger partial charge in [-0.15, -0.1) is 0 Å². The standard InChI is InChI=1S/C11H13NO5/c1-15-8-4-10-9(16-5-17-10)2-6(8)7(12)3-11(13)14/h2,4,7H,3,5,12H2,1H3,(H,13,14). The first-order chi connectivity index (χ1) is 8.11. The van der Waals surface area contributed by atoms with Crippen molar-refractivity contribution >= 4 is 5.97 Å². The van der Waals surface area contributed by atoms with Crippen molar-refractivity contribution in [1.29, 1.82) is 0 Å². The van der Waals surface area contributed by atoms with Crippen molar-refractivity contribution in [2.45, 2.75) is 12.5 Å². The van der Waals surface area contributed by atoms with Gasteiger partial charge < -0.3 is 25.1 Å². The molecule has 1 heterocycles. The van der Waals surface area contributed by atoms with Crippen LogP contribution in [0.5, 0.6) is 17.2 Å². The van der Waals surface area contributed by atoms with E-state index in [1.807, 2.05) is 0 Å². The Morgan fingerprint density at radius 3 is 2.76 bits per heavy atom. The first-order valence-electron chi connectivity index (χ1n) is 5.06. The highest BCUT2D eigenvalue weighted by molar-refractivity contribution is 5.68. The molecule has 6 nitrogen and oxygen atoms in total. The number of nitrogens with two attached hydrogens (primary N) is 1. The zero-order valence-corrected chi connectivity index (χ0v) is 9.30. The Kier molecular flexibility index (Phi) is 3.06. The molecule has 0 saturated carbocycles. The number of carboxylic acid groups (broad SMARTS) is 1. The fourth-order valence-corrected chi connectivity index (χ4v) is 1.70. The highest BCUT2D eigenvalue weighted by Crippen LogP contribution is 2.40. The topological polar surface area (TPSA) is 91.0 Å². The van der Waals surface area contributed by atoms with Crippen LogP contribution in [0.4, 0.5) is 0 Å². The minimum absolute atomic E-state index is 0.149. The minimum Gasteiger partial charge on any atom is -0.496 e. The average Bonchev–Trinajstić information content (AvgIpc) is 2.73. The van der Waals surface area contributed by atoms with Crippen LogP contribution in [0.15, 0.2) is 12.1 Å². The lowest BCUT2D eigenvalue weighted by Crippen LogP contribution is -2.15. The molecule has 0 radical (unpaired) electrons. The minimum atomic E-state index is -0.961. The molecule has 17 heavy (non-hydrogen) atoms. The van der Waals surface area contributed by atoms with Gasteiger partial charge in [0.2, 0.25) is 6.79 Å². The molecule has 1 aromatic rings. The zero-order valence-electron chi connectivity index (χ0n) is 9.30. The summed E-state index contributed by atoms with van der Waals surface area (Å²) in [6, 6.07) is 2.67. The van der Waals surface area contributed by atoms with E-state index in [9.17, 15) is 4.79 Å². The van der Waals surface area contributed by atoms with Crippen molar-refractivity contribution in [2.24, 2.45) is 5.73 Å². The quantitative estimate of drug-likeness (QED) is 0.811. The Hall–Kier alpha value is -1.95. The Labute approximate surface area is 97.9 Å². The molecule has 0 fully saturated rings. The maximum absolute atomic E-state index is 10.6. The van der Waals surface area contributed by atoms with E-state index in [4.69, 9.17) is 25.1 Å². The zero-order chi connectivity index (χ0) is 12.4. The van der Waals surface area contributed by atoms with E-state index in [1.54, 1.807) is 12.1 Å². The normalized spacial score (nSPS) is 14.5. The second-order valence-corrected chi connectivity index (χ2v) is 3.65. The molecule has 1 aliphatic rings. The Morgan fingerprint density at radius 2 is 2.18 bits per heavy atom. The largest absolute Gasteiger partial charge is 0.496 e. The summed E-state index contributed by atoms with van der Waals surface area (Å²) in [5.41, 5.74) is 6.41. The molecule has 1 atom stereocenters. The van der Waals surface area contributed by atoms with Crippen molar-refractivity contribution in [1.82, 2.24) is 0 Å². The van der Waals surface area contributed by atoms with Crippen LogP contribution in [0.25, 0.3) is 0 Å². The van der Waals surface area contributed by atoms with Crippen LogP contribution in [0.1, 0.15) is 18.0 Å². The molecule has 0 aliphatic carbocycles. The summed E-state index contributed by atoms with van der Waals surface area (Å²) in [6.07, 6.45) is -0.171. The van der Waals surface area contributed by atoms with Gasteiger partial charge in [-0.2, -0.15) is 0 Å². The van der Waals surface area contributed by atoms with Crippen LogP contribution in [0.3, 0.4) is 0 Å². The predicted octanol–water partition coefficient (Wildman–Crippen LogP) is 0.898. The van der Waals surface area contributed by atoms with Gasteiger partial charge in [0.05, 0.1) is 13.5 Å². The third-order valence-corrected chi connectivity index (χ3v) is 2.52. The number of hydrogen-bond donors (Lipinski definition) is 2. The van der Waals surface area contributed by atoms with Crippen LogP contribution in [0.2, 0.25) is 0 Å². The molecule has 0 amide bonds. The van der Waals surface area contributed by atoms with Gasteiger partial charge in [-0.25, -0.2) is 0 Å². The van der Waals surface area contributed by atoms with Crippen LogP contribution in [-0.4, -0.2) is 25.0 Å². The average molecular weight is 239 g/mol. The molecular weight excluding hydrogens is 226 g/mol. The van der Waals surface area contributed by atoms with E-state index in [0.29, 0.717) is 22.8 Å². The molecule has 6 heteroatoms. The summed E-state index contributed by atoms with van der Waals surface area (Å²) in [7, 11) is 1.49. The Bertz CT molecular complexity index is 446. The lowest BCUT2D eigenvalue weighted by atomic mass is 10.0. The summed E-state index contributed by atoms with van der Waals surface area (Å²) in [6.45, 7) is 0.149. The van der Waals surface area contributed by atoms with Crippen LogP contribution in [0, 0.1) is 0 Å². The highest BCUT2D eigenvalue weighted by Gasteiger charge is 2.22. The van der Waals surface area contributed by atoms with Crippen molar-refractivity contribution in [3.8, 4) is 17.2 Å². The van der Waals surface area contributed by atoms with Crippen molar-refractivity contribution in [2.75, 3.05) is 13.9 Å². The molecule has 0 aromatic heterocycles. The van der Waals surface area contributed by atoms with Crippen LogP contribution < -0.4 is 19.9 Å². The van der Waals surface area contributed by atoms with Crippen LogP contribution in [-0.2, 0) is 4.79 Å². The van der Waals surface area contributed by atoms with E-state index >= 15 is 0 Å². The van der Waals surface area contributed by atoms with Crippen molar-refractivity contribution < 1.29 is 24.1 Å². The molecule has 0 saturated heterocycles. The first-order valence-corrected chi connectivity index (χ1v) is 5.06.